The quantitative estimate of drug-likeness (QED) is 0.726. The van der Waals surface area contributed by atoms with E-state index in [9.17, 15) is 9.59 Å². The van der Waals surface area contributed by atoms with Crippen molar-refractivity contribution in [2.75, 3.05) is 26.2 Å². The molecule has 1 aromatic carbocycles. The van der Waals surface area contributed by atoms with Gasteiger partial charge in [0, 0.05) is 18.5 Å². The largest absolute Gasteiger partial charge is 0.419 e. The summed E-state index contributed by atoms with van der Waals surface area (Å²) >= 11 is 1.73. The number of benzene rings is 1. The fourth-order valence-corrected chi connectivity index (χ4v) is 4.19. The number of fused-ring (bicyclic) bond motifs is 1. The van der Waals surface area contributed by atoms with Crippen LogP contribution < -0.4 is 10.7 Å². The zero-order valence-corrected chi connectivity index (χ0v) is 15.3. The third-order valence-electron chi connectivity index (χ3n) is 4.98. The predicted octanol–water partition coefficient (Wildman–Crippen LogP) is 0.973. The predicted molar refractivity (Wildman–Crippen MR) is 100 cm³/mol. The topological polar surface area (TPSA) is 59.9 Å². The molecule has 7 heteroatoms. The smallest absolute Gasteiger partial charge is 0.408 e. The molecule has 1 aliphatic heterocycles. The van der Waals surface area contributed by atoms with Crippen molar-refractivity contribution in [3.63, 3.8) is 0 Å². The molecular formula is C19H22N3O3S+. The van der Waals surface area contributed by atoms with Gasteiger partial charge in [-0.15, -0.1) is 0 Å². The van der Waals surface area contributed by atoms with E-state index in [1.807, 2.05) is 23.1 Å². The van der Waals surface area contributed by atoms with Crippen LogP contribution in [0.4, 0.5) is 0 Å². The molecule has 0 bridgehead atoms. The summed E-state index contributed by atoms with van der Waals surface area (Å²) in [4.78, 5) is 28.0. The van der Waals surface area contributed by atoms with Gasteiger partial charge in [0.2, 0.25) is 5.91 Å². The number of carbonyl (C=O) groups excluding carboxylic acids is 1. The third-order valence-corrected chi connectivity index (χ3v) is 5.71. The molecule has 0 saturated carbocycles. The summed E-state index contributed by atoms with van der Waals surface area (Å²) in [5.74, 6) is -0.291. The molecule has 4 rings (SSSR count). The van der Waals surface area contributed by atoms with Crippen molar-refractivity contribution >= 4 is 28.3 Å². The molecular weight excluding hydrogens is 350 g/mol. The molecule has 3 aromatic rings. The number of amides is 1. The standard InChI is InChI=1S/C19H21N3O3S/c23-18(5-7-22-16-3-1-2-4-17(16)25-19(22)24)21-10-8-20(9-11-21)13-15-6-12-26-14-15/h1-4,6,12,14H,5,7-11,13H2/p+1. The number of thiophene rings is 1. The van der Waals surface area contributed by atoms with E-state index in [2.05, 4.69) is 16.8 Å². The molecule has 1 N–H and O–H groups in total. The Morgan fingerprint density at radius 2 is 2.00 bits per heavy atom. The molecule has 0 atom stereocenters. The minimum absolute atomic E-state index is 0.108. The first-order chi connectivity index (χ1) is 12.7. The molecule has 6 nitrogen and oxygen atoms in total. The van der Waals surface area contributed by atoms with Gasteiger partial charge in [0.05, 0.1) is 31.7 Å². The van der Waals surface area contributed by atoms with E-state index in [4.69, 9.17) is 4.42 Å². The zero-order chi connectivity index (χ0) is 17.9. The van der Waals surface area contributed by atoms with Gasteiger partial charge in [0.15, 0.2) is 5.58 Å². The van der Waals surface area contributed by atoms with E-state index in [0.717, 1.165) is 38.2 Å². The summed E-state index contributed by atoms with van der Waals surface area (Å²) < 4.78 is 6.77. The Balaban J connectivity index is 1.31. The molecule has 3 heterocycles. The van der Waals surface area contributed by atoms with Crippen molar-refractivity contribution in [2.24, 2.45) is 0 Å². The number of aryl methyl sites for hydroxylation is 1. The van der Waals surface area contributed by atoms with Crippen LogP contribution in [-0.2, 0) is 17.9 Å². The number of nitrogens with zero attached hydrogens (tertiary/aromatic N) is 2. The first kappa shape index (κ1) is 17.1. The highest BCUT2D eigenvalue weighted by Gasteiger charge is 2.24. The molecule has 0 aliphatic carbocycles. The number of quaternary nitrogens is 1. The van der Waals surface area contributed by atoms with Crippen LogP contribution in [0.5, 0.6) is 0 Å². The Morgan fingerprint density at radius 1 is 1.19 bits per heavy atom. The van der Waals surface area contributed by atoms with Crippen LogP contribution in [0.25, 0.3) is 11.1 Å². The summed E-state index contributed by atoms with van der Waals surface area (Å²) in [5.41, 5.74) is 2.68. The molecule has 1 aliphatic rings. The fourth-order valence-electron chi connectivity index (χ4n) is 3.52. The summed E-state index contributed by atoms with van der Waals surface area (Å²) in [7, 11) is 0. The van der Waals surface area contributed by atoms with Gasteiger partial charge < -0.3 is 14.2 Å². The second-order valence-electron chi connectivity index (χ2n) is 6.68. The minimum atomic E-state index is -0.399. The monoisotopic (exact) mass is 372 g/mol. The molecule has 0 spiro atoms. The average molecular weight is 372 g/mol. The molecule has 1 saturated heterocycles. The summed E-state index contributed by atoms with van der Waals surface area (Å²) in [6.45, 7) is 4.88. The van der Waals surface area contributed by atoms with Crippen LogP contribution in [-0.4, -0.2) is 41.6 Å². The number of rotatable bonds is 5. The first-order valence-corrected chi connectivity index (χ1v) is 9.86. The van der Waals surface area contributed by atoms with Gasteiger partial charge in [-0.25, -0.2) is 4.79 Å². The van der Waals surface area contributed by atoms with Gasteiger partial charge >= 0.3 is 5.76 Å². The number of hydrogen-bond donors (Lipinski definition) is 1. The molecule has 1 amide bonds. The van der Waals surface area contributed by atoms with Crippen molar-refractivity contribution in [1.29, 1.82) is 0 Å². The Hall–Kier alpha value is -2.38. The number of para-hydroxylation sites is 2. The van der Waals surface area contributed by atoms with E-state index in [1.165, 1.54) is 10.5 Å². The molecule has 136 valence electrons. The maximum atomic E-state index is 12.5. The maximum absolute atomic E-state index is 12.5. The number of carbonyl (C=O) groups is 1. The SMILES string of the molecule is O=C(CCn1c(=O)oc2ccccc21)N1CC[NH+](Cc2ccsc2)CC1. The van der Waals surface area contributed by atoms with Gasteiger partial charge in [0.25, 0.3) is 0 Å². The van der Waals surface area contributed by atoms with Gasteiger partial charge in [-0.2, -0.15) is 11.3 Å². The Labute approximate surface area is 155 Å². The van der Waals surface area contributed by atoms with E-state index in [1.54, 1.807) is 22.0 Å². The highest BCUT2D eigenvalue weighted by Crippen LogP contribution is 2.12. The van der Waals surface area contributed by atoms with Gasteiger partial charge in [-0.05, 0) is 29.0 Å². The van der Waals surface area contributed by atoms with Crippen LogP contribution in [0.2, 0.25) is 0 Å². The van der Waals surface area contributed by atoms with Crippen molar-refractivity contribution in [1.82, 2.24) is 9.47 Å². The van der Waals surface area contributed by atoms with Crippen LogP contribution in [0, 0.1) is 0 Å². The molecule has 26 heavy (non-hydrogen) atoms. The van der Waals surface area contributed by atoms with Gasteiger partial charge in [0.1, 0.15) is 6.54 Å². The van der Waals surface area contributed by atoms with Crippen LogP contribution in [0.15, 0.2) is 50.3 Å². The van der Waals surface area contributed by atoms with Crippen molar-refractivity contribution in [3.05, 3.63) is 57.2 Å². The van der Waals surface area contributed by atoms with Crippen molar-refractivity contribution in [3.8, 4) is 0 Å². The molecule has 0 unspecified atom stereocenters. The number of piperazine rings is 1. The number of hydrogen-bond acceptors (Lipinski definition) is 4. The zero-order valence-electron chi connectivity index (χ0n) is 14.5. The van der Waals surface area contributed by atoms with Crippen LogP contribution >= 0.6 is 11.3 Å². The normalized spacial score (nSPS) is 15.6. The third kappa shape index (κ3) is 3.59. The number of nitrogens with one attached hydrogen (secondary N) is 1. The van der Waals surface area contributed by atoms with Gasteiger partial charge in [-0.3, -0.25) is 9.36 Å². The number of aromatic nitrogens is 1. The molecule has 1 fully saturated rings. The first-order valence-electron chi connectivity index (χ1n) is 8.91. The number of oxazole rings is 1. The lowest BCUT2D eigenvalue weighted by atomic mass is 10.2. The lowest BCUT2D eigenvalue weighted by molar-refractivity contribution is -0.917. The summed E-state index contributed by atoms with van der Waals surface area (Å²) in [6, 6.07) is 9.48. The lowest BCUT2D eigenvalue weighted by Crippen LogP contribution is -3.13. The Kier molecular flexibility index (Phi) is 4.90. The summed E-state index contributed by atoms with van der Waals surface area (Å²) in [6.07, 6.45) is 0.323. The van der Waals surface area contributed by atoms with E-state index >= 15 is 0 Å². The maximum Gasteiger partial charge on any atom is 0.419 e. The van der Waals surface area contributed by atoms with E-state index in [0.29, 0.717) is 18.5 Å². The molecule has 0 radical (unpaired) electrons. The minimum Gasteiger partial charge on any atom is -0.408 e. The van der Waals surface area contributed by atoms with Crippen LogP contribution in [0.1, 0.15) is 12.0 Å². The molecule has 2 aromatic heterocycles. The average Bonchev–Trinajstić information content (AvgIpc) is 3.27. The Morgan fingerprint density at radius 3 is 2.77 bits per heavy atom. The summed E-state index contributed by atoms with van der Waals surface area (Å²) in [5, 5.41) is 4.30. The van der Waals surface area contributed by atoms with E-state index < -0.39 is 5.76 Å². The van der Waals surface area contributed by atoms with Gasteiger partial charge in [-0.1, -0.05) is 12.1 Å². The lowest BCUT2D eigenvalue weighted by Gasteiger charge is -2.32. The van der Waals surface area contributed by atoms with E-state index in [-0.39, 0.29) is 5.91 Å². The van der Waals surface area contributed by atoms with Crippen molar-refractivity contribution < 1.29 is 14.1 Å². The fraction of sp³-hybridized carbons (Fsp3) is 0.368. The highest BCUT2D eigenvalue weighted by molar-refractivity contribution is 7.07. The second-order valence-corrected chi connectivity index (χ2v) is 7.46. The van der Waals surface area contributed by atoms with Crippen molar-refractivity contribution in [2.45, 2.75) is 19.5 Å². The Bertz CT molecular complexity index is 937. The second kappa shape index (κ2) is 7.47. The van der Waals surface area contributed by atoms with Crippen LogP contribution in [0.3, 0.4) is 0 Å². The highest BCUT2D eigenvalue weighted by atomic mass is 32.1.